The molecule has 12 nitrogen and oxygen atoms in total. The first kappa shape index (κ1) is 29.9. The van der Waals surface area contributed by atoms with Crippen LogP contribution in [-0.2, 0) is 33.9 Å². The summed E-state index contributed by atoms with van der Waals surface area (Å²) >= 11 is 0. The van der Waals surface area contributed by atoms with Crippen LogP contribution in [0.3, 0.4) is 0 Å². The van der Waals surface area contributed by atoms with E-state index in [0.717, 1.165) is 17.0 Å². The van der Waals surface area contributed by atoms with E-state index in [-0.39, 0.29) is 26.1 Å². The molecule has 0 saturated carbocycles. The highest BCUT2D eigenvalue weighted by Crippen LogP contribution is 2.28. The molecule has 2 unspecified atom stereocenters. The molecule has 3 fully saturated rings. The fourth-order valence-electron chi connectivity index (χ4n) is 6.05. The van der Waals surface area contributed by atoms with Crippen LogP contribution in [-0.4, -0.2) is 97.7 Å². The van der Waals surface area contributed by atoms with Crippen molar-refractivity contribution in [1.29, 1.82) is 0 Å². The van der Waals surface area contributed by atoms with E-state index in [1.807, 2.05) is 30.3 Å². The van der Waals surface area contributed by atoms with Crippen molar-refractivity contribution in [1.82, 2.24) is 19.8 Å². The highest BCUT2D eigenvalue weighted by molar-refractivity contribution is 7.88. The summed E-state index contributed by atoms with van der Waals surface area (Å²) in [4.78, 5) is 54.8. The van der Waals surface area contributed by atoms with Gasteiger partial charge in [-0.25, -0.2) is 8.42 Å². The average molecular weight is 601 g/mol. The lowest BCUT2D eigenvalue weighted by Crippen LogP contribution is -2.68. The number of piperazine rings is 1. The van der Waals surface area contributed by atoms with Crippen LogP contribution in [0.5, 0.6) is 0 Å². The van der Waals surface area contributed by atoms with Gasteiger partial charge in [-0.3, -0.25) is 19.2 Å². The van der Waals surface area contributed by atoms with Gasteiger partial charge in [-0.2, -0.15) is 4.31 Å². The van der Waals surface area contributed by atoms with Crippen LogP contribution in [0.2, 0.25) is 0 Å². The van der Waals surface area contributed by atoms with Crippen LogP contribution in [0.15, 0.2) is 42.5 Å². The zero-order chi connectivity index (χ0) is 30.0. The lowest BCUT2D eigenvalue weighted by Gasteiger charge is -2.47. The first-order chi connectivity index (χ1) is 20.1. The van der Waals surface area contributed by atoms with Crippen molar-refractivity contribution in [3.8, 4) is 0 Å². The molecule has 13 heteroatoms. The Morgan fingerprint density at radius 2 is 1.76 bits per heavy atom. The standard InChI is InChI=1S/C29H36N4O8S/c1-3-40-29-23(15-25(34)41-29)31-27(36)24-17-32(42(2,38)39)16-19-11-5-7-14-22(28(37)33(19)24)30-26(35)21-13-8-10-18-9-4-6-12-20(18)21/h4,6,8-10,12-13,19,22-24,29H,3,5,7,11,14-17H2,1-2H3,(H,30,35)(H,31,36)/t19-,22-,23?,24-,29?/m0/s1. The molecule has 2 aromatic carbocycles. The van der Waals surface area contributed by atoms with Crippen LogP contribution in [0, 0.1) is 0 Å². The Hall–Kier alpha value is -3.55. The number of esters is 1. The molecule has 2 aromatic rings. The molecule has 0 aliphatic carbocycles. The van der Waals surface area contributed by atoms with E-state index in [0.29, 0.717) is 31.2 Å². The second-order valence-corrected chi connectivity index (χ2v) is 12.9. The number of ether oxygens (including phenoxy) is 2. The van der Waals surface area contributed by atoms with E-state index >= 15 is 0 Å². The summed E-state index contributed by atoms with van der Waals surface area (Å²) in [6.07, 6.45) is 2.18. The third-order valence-electron chi connectivity index (χ3n) is 8.09. The molecule has 5 atom stereocenters. The van der Waals surface area contributed by atoms with Crippen molar-refractivity contribution >= 4 is 44.5 Å². The lowest BCUT2D eigenvalue weighted by molar-refractivity contribution is -0.165. The number of sulfonamides is 1. The molecule has 3 saturated heterocycles. The van der Waals surface area contributed by atoms with E-state index in [2.05, 4.69) is 10.6 Å². The van der Waals surface area contributed by atoms with E-state index in [9.17, 15) is 27.6 Å². The van der Waals surface area contributed by atoms with Gasteiger partial charge in [0.25, 0.3) is 5.91 Å². The molecule has 2 N–H and O–H groups in total. The second kappa shape index (κ2) is 12.4. The molecule has 0 spiro atoms. The van der Waals surface area contributed by atoms with Crippen LogP contribution in [0.4, 0.5) is 0 Å². The molecule has 0 aromatic heterocycles. The Balaban J connectivity index is 1.42. The van der Waals surface area contributed by atoms with Gasteiger partial charge >= 0.3 is 5.97 Å². The van der Waals surface area contributed by atoms with E-state index in [4.69, 9.17) is 9.47 Å². The minimum Gasteiger partial charge on any atom is -0.433 e. The van der Waals surface area contributed by atoms with Crippen molar-refractivity contribution in [3.63, 3.8) is 0 Å². The predicted octanol–water partition coefficient (Wildman–Crippen LogP) is 1.15. The molecule has 3 aliphatic heterocycles. The van der Waals surface area contributed by atoms with Gasteiger partial charge in [0.15, 0.2) is 0 Å². The highest BCUT2D eigenvalue weighted by atomic mass is 32.2. The molecule has 5 rings (SSSR count). The number of nitrogens with one attached hydrogen (secondary N) is 2. The third kappa shape index (κ3) is 6.27. The molecule has 3 heterocycles. The summed E-state index contributed by atoms with van der Waals surface area (Å²) in [5.41, 5.74) is 0.434. The van der Waals surface area contributed by atoms with Gasteiger partial charge in [-0.05, 0) is 36.6 Å². The predicted molar refractivity (Wildman–Crippen MR) is 153 cm³/mol. The first-order valence-electron chi connectivity index (χ1n) is 14.2. The van der Waals surface area contributed by atoms with Gasteiger partial charge < -0.3 is 25.0 Å². The van der Waals surface area contributed by atoms with Crippen LogP contribution < -0.4 is 10.6 Å². The zero-order valence-corrected chi connectivity index (χ0v) is 24.5. The fourth-order valence-corrected chi connectivity index (χ4v) is 6.90. The maximum atomic E-state index is 14.1. The first-order valence-corrected chi connectivity index (χ1v) is 16.1. The molecule has 3 aliphatic rings. The van der Waals surface area contributed by atoms with E-state index < -0.39 is 64.2 Å². The summed E-state index contributed by atoms with van der Waals surface area (Å²) in [5, 5.41) is 7.31. The number of carbonyl (C=O) groups is 4. The monoisotopic (exact) mass is 600 g/mol. The average Bonchev–Trinajstić information content (AvgIpc) is 3.30. The summed E-state index contributed by atoms with van der Waals surface area (Å²) in [6.45, 7) is 1.77. The Morgan fingerprint density at radius 3 is 2.52 bits per heavy atom. The maximum absolute atomic E-state index is 14.1. The summed E-state index contributed by atoms with van der Waals surface area (Å²) in [5.74, 6) is -1.99. The van der Waals surface area contributed by atoms with Crippen molar-refractivity contribution in [2.24, 2.45) is 0 Å². The number of hydrogen-bond acceptors (Lipinski definition) is 8. The van der Waals surface area contributed by atoms with E-state index in [1.165, 1.54) is 9.21 Å². The van der Waals surface area contributed by atoms with Crippen LogP contribution >= 0.6 is 0 Å². The fraction of sp³-hybridized carbons (Fsp3) is 0.517. The summed E-state index contributed by atoms with van der Waals surface area (Å²) in [7, 11) is -3.68. The van der Waals surface area contributed by atoms with Gasteiger partial charge in [0.2, 0.25) is 28.1 Å². The van der Waals surface area contributed by atoms with Gasteiger partial charge in [-0.1, -0.05) is 49.2 Å². The normalized spacial score (nSPS) is 27.1. The van der Waals surface area contributed by atoms with Crippen molar-refractivity contribution < 1.29 is 37.1 Å². The summed E-state index contributed by atoms with van der Waals surface area (Å²) in [6, 6.07) is 9.41. The zero-order valence-electron chi connectivity index (χ0n) is 23.7. The topological polar surface area (TPSA) is 151 Å². The Kier molecular flexibility index (Phi) is 8.81. The maximum Gasteiger partial charge on any atom is 0.310 e. The summed E-state index contributed by atoms with van der Waals surface area (Å²) < 4.78 is 37.1. The minimum atomic E-state index is -3.68. The molecular weight excluding hydrogens is 564 g/mol. The third-order valence-corrected chi connectivity index (χ3v) is 9.32. The highest BCUT2D eigenvalue weighted by Gasteiger charge is 2.47. The number of hydrogen-bond donors (Lipinski definition) is 2. The Bertz CT molecular complexity index is 1480. The SMILES string of the molecule is CCOC1OC(=O)CC1NC(=O)[C@@H]1CN(S(C)(=O)=O)C[C@@H]2CCCC[C@H](NC(=O)c3cccc4ccccc34)C(=O)N21. The number of rotatable bonds is 7. The number of cyclic esters (lactones) is 1. The molecule has 0 bridgehead atoms. The number of benzene rings is 2. The smallest absolute Gasteiger partial charge is 0.310 e. The quantitative estimate of drug-likeness (QED) is 0.449. The number of amides is 3. The molecule has 226 valence electrons. The molecule has 42 heavy (non-hydrogen) atoms. The Labute approximate surface area is 244 Å². The number of fused-ring (bicyclic) bond motifs is 2. The van der Waals surface area contributed by atoms with Gasteiger partial charge in [0.1, 0.15) is 18.1 Å². The Morgan fingerprint density at radius 1 is 1.02 bits per heavy atom. The van der Waals surface area contributed by atoms with Gasteiger partial charge in [0, 0.05) is 31.3 Å². The molecule has 0 radical (unpaired) electrons. The molecule has 3 amide bonds. The lowest BCUT2D eigenvalue weighted by atomic mass is 9.94. The minimum absolute atomic E-state index is 0.0466. The van der Waals surface area contributed by atoms with Crippen molar-refractivity contribution in [3.05, 3.63) is 48.0 Å². The second-order valence-electron chi connectivity index (χ2n) is 11.0. The van der Waals surface area contributed by atoms with Crippen LogP contribution in [0.1, 0.15) is 49.4 Å². The molecular formula is C29H36N4O8S. The van der Waals surface area contributed by atoms with Gasteiger partial charge in [-0.15, -0.1) is 0 Å². The van der Waals surface area contributed by atoms with E-state index in [1.54, 1.807) is 19.1 Å². The van der Waals surface area contributed by atoms with Gasteiger partial charge in [0.05, 0.1) is 12.7 Å². The van der Waals surface area contributed by atoms with Crippen LogP contribution in [0.25, 0.3) is 10.8 Å². The number of carbonyl (C=O) groups excluding carboxylic acids is 4. The number of nitrogens with zero attached hydrogens (tertiary/aromatic N) is 2. The van der Waals surface area contributed by atoms with Crippen molar-refractivity contribution in [2.75, 3.05) is 26.0 Å². The van der Waals surface area contributed by atoms with Crippen molar-refractivity contribution in [2.45, 2.75) is 69.5 Å². The largest absolute Gasteiger partial charge is 0.433 e.